The van der Waals surface area contributed by atoms with Gasteiger partial charge in [0.2, 0.25) is 11.8 Å². The van der Waals surface area contributed by atoms with Crippen LogP contribution in [0.15, 0.2) is 35.5 Å². The number of aromatic nitrogens is 2. The predicted molar refractivity (Wildman–Crippen MR) is 89.1 cm³/mol. The first-order valence-electron chi connectivity index (χ1n) is 7.45. The Labute approximate surface area is 128 Å². The third-order valence-electron chi connectivity index (χ3n) is 3.70. The zero-order valence-corrected chi connectivity index (χ0v) is 12.4. The zero-order chi connectivity index (χ0) is 15.5. The topological polar surface area (TPSA) is 84.4 Å². The van der Waals surface area contributed by atoms with Crippen molar-refractivity contribution in [2.75, 3.05) is 0 Å². The molecule has 0 unspecified atom stereocenters. The van der Waals surface area contributed by atoms with Crippen LogP contribution in [0.4, 0.5) is 5.69 Å². The van der Waals surface area contributed by atoms with Crippen molar-refractivity contribution in [3.63, 3.8) is 0 Å². The molecule has 0 aliphatic rings. The molecule has 0 bridgehead atoms. The fourth-order valence-electron chi connectivity index (χ4n) is 2.57. The van der Waals surface area contributed by atoms with Crippen LogP contribution in [-0.2, 0) is 0 Å². The number of aromatic amines is 2. The van der Waals surface area contributed by atoms with Crippen LogP contribution in [-0.4, -0.2) is 26.4 Å². The summed E-state index contributed by atoms with van der Waals surface area (Å²) in [6.45, 7) is 2.12. The number of hydrogen-bond acceptors (Lipinski definition) is 3. The molecule has 0 radical (unpaired) electrons. The number of H-pyrrole nitrogens is 2. The van der Waals surface area contributed by atoms with Gasteiger partial charge < -0.3 is 15.2 Å². The number of para-hydroxylation sites is 1. The molecule has 22 heavy (non-hydrogen) atoms. The van der Waals surface area contributed by atoms with Crippen LogP contribution < -0.4 is 0 Å². The Morgan fingerprint density at radius 2 is 2.00 bits per heavy atom. The summed E-state index contributed by atoms with van der Waals surface area (Å²) in [5.41, 5.74) is 2.67. The lowest BCUT2D eigenvalue weighted by Gasteiger charge is -2.00. The molecule has 0 saturated heterocycles. The average molecular weight is 297 g/mol. The van der Waals surface area contributed by atoms with Crippen molar-refractivity contribution in [1.82, 2.24) is 9.97 Å². The Morgan fingerprint density at radius 3 is 2.82 bits per heavy atom. The van der Waals surface area contributed by atoms with Crippen molar-refractivity contribution in [1.29, 1.82) is 0 Å². The monoisotopic (exact) mass is 297 g/mol. The lowest BCUT2D eigenvalue weighted by atomic mass is 10.1. The zero-order valence-electron chi connectivity index (χ0n) is 12.4. The van der Waals surface area contributed by atoms with E-state index in [1.165, 1.54) is 0 Å². The number of unbranched alkanes of at least 4 members (excludes halogenated alkanes) is 2. The lowest BCUT2D eigenvalue weighted by Crippen LogP contribution is -1.77. The molecule has 5 heteroatoms. The van der Waals surface area contributed by atoms with Crippen molar-refractivity contribution >= 4 is 22.8 Å². The van der Waals surface area contributed by atoms with Crippen LogP contribution in [0.5, 0.6) is 11.8 Å². The molecule has 4 N–H and O–H groups in total. The molecule has 3 rings (SSSR count). The summed E-state index contributed by atoms with van der Waals surface area (Å²) in [5.74, 6) is -0.199. The van der Waals surface area contributed by atoms with E-state index in [0.717, 1.165) is 35.7 Å². The normalized spacial score (nSPS) is 11.7. The Morgan fingerprint density at radius 1 is 1.18 bits per heavy atom. The van der Waals surface area contributed by atoms with E-state index in [9.17, 15) is 10.2 Å². The molecule has 0 saturated carbocycles. The van der Waals surface area contributed by atoms with Crippen LogP contribution in [0.3, 0.4) is 0 Å². The number of fused-ring (bicyclic) bond motifs is 1. The van der Waals surface area contributed by atoms with Crippen molar-refractivity contribution < 1.29 is 10.2 Å². The summed E-state index contributed by atoms with van der Waals surface area (Å²) >= 11 is 0. The second-order valence-corrected chi connectivity index (χ2v) is 5.25. The highest BCUT2D eigenvalue weighted by molar-refractivity contribution is 6.01. The van der Waals surface area contributed by atoms with E-state index in [2.05, 4.69) is 21.9 Å². The first-order valence-corrected chi connectivity index (χ1v) is 7.45. The second-order valence-electron chi connectivity index (χ2n) is 5.25. The summed E-state index contributed by atoms with van der Waals surface area (Å²) in [6.07, 6.45) is 6.58. The number of aromatic hydroxyl groups is 2. The average Bonchev–Trinajstić information content (AvgIpc) is 3.05. The third kappa shape index (κ3) is 2.45. The molecule has 2 heterocycles. The Bertz CT molecular complexity index is 815. The molecular weight excluding hydrogens is 278 g/mol. The van der Waals surface area contributed by atoms with E-state index in [1.807, 2.05) is 30.5 Å². The quantitative estimate of drug-likeness (QED) is 0.414. The first-order chi connectivity index (χ1) is 10.7. The highest BCUT2D eigenvalue weighted by Crippen LogP contribution is 2.46. The largest absolute Gasteiger partial charge is 0.494 e. The molecule has 0 aliphatic carbocycles. The van der Waals surface area contributed by atoms with E-state index in [-0.39, 0.29) is 11.8 Å². The second kappa shape index (κ2) is 5.97. The van der Waals surface area contributed by atoms with Crippen molar-refractivity contribution in [3.05, 3.63) is 30.5 Å². The SMILES string of the molecule is CCCCC=Nc1c(O)[nH]c(O)c1-c1c[nH]c2ccccc12. The van der Waals surface area contributed by atoms with Gasteiger partial charge in [-0.3, -0.25) is 9.98 Å². The number of rotatable bonds is 5. The van der Waals surface area contributed by atoms with Crippen LogP contribution in [0.2, 0.25) is 0 Å². The van der Waals surface area contributed by atoms with Gasteiger partial charge in [0, 0.05) is 28.9 Å². The minimum absolute atomic E-state index is 0.0788. The highest BCUT2D eigenvalue weighted by atomic mass is 16.3. The first kappa shape index (κ1) is 14.3. The van der Waals surface area contributed by atoms with Crippen LogP contribution in [0.1, 0.15) is 26.2 Å². The summed E-state index contributed by atoms with van der Waals surface area (Å²) in [6, 6.07) is 7.82. The summed E-state index contributed by atoms with van der Waals surface area (Å²) < 4.78 is 0. The number of hydrogen-bond donors (Lipinski definition) is 4. The maximum atomic E-state index is 10.1. The van der Waals surface area contributed by atoms with Gasteiger partial charge in [-0.25, -0.2) is 0 Å². The van der Waals surface area contributed by atoms with Gasteiger partial charge in [0.15, 0.2) is 0 Å². The van der Waals surface area contributed by atoms with E-state index >= 15 is 0 Å². The number of aliphatic imine (C=N–C) groups is 1. The Balaban J connectivity index is 2.08. The van der Waals surface area contributed by atoms with E-state index in [1.54, 1.807) is 6.21 Å². The molecule has 0 amide bonds. The van der Waals surface area contributed by atoms with Crippen molar-refractivity contribution in [3.8, 4) is 22.9 Å². The molecule has 0 aliphatic heterocycles. The Kier molecular flexibility index (Phi) is 3.87. The number of nitrogens with one attached hydrogen (secondary N) is 2. The molecule has 0 atom stereocenters. The van der Waals surface area contributed by atoms with E-state index in [4.69, 9.17) is 0 Å². The van der Waals surface area contributed by atoms with E-state index in [0.29, 0.717) is 11.3 Å². The molecular formula is C17H19N3O2. The molecule has 5 nitrogen and oxygen atoms in total. The van der Waals surface area contributed by atoms with Gasteiger partial charge in [0.05, 0.1) is 5.56 Å². The van der Waals surface area contributed by atoms with Gasteiger partial charge in [-0.05, 0) is 18.9 Å². The molecule has 114 valence electrons. The predicted octanol–water partition coefficient (Wildman–Crippen LogP) is 4.47. The summed E-state index contributed by atoms with van der Waals surface area (Å²) in [5, 5.41) is 21.1. The maximum absolute atomic E-state index is 10.1. The third-order valence-corrected chi connectivity index (χ3v) is 3.70. The Hall–Kier alpha value is -2.69. The van der Waals surface area contributed by atoms with Gasteiger partial charge in [-0.15, -0.1) is 0 Å². The van der Waals surface area contributed by atoms with E-state index < -0.39 is 0 Å². The minimum Gasteiger partial charge on any atom is -0.494 e. The smallest absolute Gasteiger partial charge is 0.218 e. The number of nitrogens with zero attached hydrogens (tertiary/aromatic N) is 1. The van der Waals surface area contributed by atoms with Crippen molar-refractivity contribution in [2.24, 2.45) is 4.99 Å². The highest BCUT2D eigenvalue weighted by Gasteiger charge is 2.20. The fraction of sp³-hybridized carbons (Fsp3) is 0.235. The lowest BCUT2D eigenvalue weighted by molar-refractivity contribution is 0.426. The van der Waals surface area contributed by atoms with Gasteiger partial charge in [-0.1, -0.05) is 31.5 Å². The molecule has 2 aromatic heterocycles. The summed E-state index contributed by atoms with van der Waals surface area (Å²) in [4.78, 5) is 10.1. The van der Waals surface area contributed by atoms with Gasteiger partial charge in [-0.2, -0.15) is 0 Å². The standard InChI is InChI=1S/C17H19N3O2/c1-2-3-6-9-18-15-14(16(21)20-17(15)22)12-10-19-13-8-5-4-7-11(12)13/h4-5,7-10,19-22H,2-3,6H2,1H3. The van der Waals surface area contributed by atoms with Gasteiger partial charge in [0.25, 0.3) is 0 Å². The summed E-state index contributed by atoms with van der Waals surface area (Å²) in [7, 11) is 0. The molecule has 1 aromatic carbocycles. The molecule has 3 aromatic rings. The minimum atomic E-state index is -0.120. The van der Waals surface area contributed by atoms with Gasteiger partial charge in [0.1, 0.15) is 5.69 Å². The molecule has 0 spiro atoms. The van der Waals surface area contributed by atoms with Crippen LogP contribution in [0.25, 0.3) is 22.0 Å². The van der Waals surface area contributed by atoms with Crippen LogP contribution in [0, 0.1) is 0 Å². The van der Waals surface area contributed by atoms with Gasteiger partial charge >= 0.3 is 0 Å². The maximum Gasteiger partial charge on any atom is 0.218 e. The molecule has 0 fully saturated rings. The van der Waals surface area contributed by atoms with Crippen LogP contribution >= 0.6 is 0 Å². The fourth-order valence-corrected chi connectivity index (χ4v) is 2.57. The van der Waals surface area contributed by atoms with Crippen molar-refractivity contribution in [2.45, 2.75) is 26.2 Å². The number of benzene rings is 1.